The summed E-state index contributed by atoms with van der Waals surface area (Å²) < 4.78 is 5.81. The standard InChI is InChI=1S/C16H20N2O2/c1-2-4-12(5-3-1)11-19-15-10-16(20-18-15)8-13-6-7-14(9-16)17-13/h1-5,13-14,17H,6-11H2. The molecular formula is C16H20N2O2. The maximum Gasteiger partial charge on any atom is 0.230 e. The lowest BCUT2D eigenvalue weighted by Crippen LogP contribution is -2.48. The SMILES string of the molecule is c1ccc(COC2=NOC3(C2)CC2CCC(C3)N2)cc1. The van der Waals surface area contributed by atoms with Gasteiger partial charge < -0.3 is 14.9 Å². The Balaban J connectivity index is 1.36. The van der Waals surface area contributed by atoms with Crippen LogP contribution < -0.4 is 5.32 Å². The molecule has 4 rings (SSSR count). The minimum Gasteiger partial charge on any atom is -0.474 e. The van der Waals surface area contributed by atoms with Crippen molar-refractivity contribution in [3.05, 3.63) is 35.9 Å². The van der Waals surface area contributed by atoms with Gasteiger partial charge in [0.05, 0.1) is 6.42 Å². The van der Waals surface area contributed by atoms with Crippen molar-refractivity contribution in [1.29, 1.82) is 0 Å². The Morgan fingerprint density at radius 2 is 1.95 bits per heavy atom. The van der Waals surface area contributed by atoms with Gasteiger partial charge in [-0.1, -0.05) is 35.5 Å². The molecule has 3 heterocycles. The van der Waals surface area contributed by atoms with Crippen molar-refractivity contribution >= 4 is 5.90 Å². The lowest BCUT2D eigenvalue weighted by Gasteiger charge is -2.35. The van der Waals surface area contributed by atoms with Gasteiger partial charge in [-0.3, -0.25) is 0 Å². The van der Waals surface area contributed by atoms with E-state index >= 15 is 0 Å². The molecule has 2 atom stereocenters. The minimum absolute atomic E-state index is 0.0941. The van der Waals surface area contributed by atoms with Gasteiger partial charge in [-0.05, 0) is 18.4 Å². The fourth-order valence-electron chi connectivity index (χ4n) is 3.73. The quantitative estimate of drug-likeness (QED) is 0.900. The van der Waals surface area contributed by atoms with Crippen molar-refractivity contribution in [3.8, 4) is 0 Å². The molecule has 3 aliphatic rings. The van der Waals surface area contributed by atoms with E-state index in [-0.39, 0.29) is 5.60 Å². The van der Waals surface area contributed by atoms with Crippen LogP contribution in [0.15, 0.2) is 35.5 Å². The van der Waals surface area contributed by atoms with Gasteiger partial charge in [-0.25, -0.2) is 0 Å². The number of hydrogen-bond donors (Lipinski definition) is 1. The second-order valence-electron chi connectivity index (χ2n) is 6.26. The van der Waals surface area contributed by atoms with E-state index in [1.807, 2.05) is 18.2 Å². The third-order valence-electron chi connectivity index (χ3n) is 4.63. The first-order valence-electron chi connectivity index (χ1n) is 7.49. The Labute approximate surface area is 119 Å². The predicted octanol–water partition coefficient (Wildman–Crippen LogP) is 2.59. The molecule has 1 aromatic carbocycles. The number of nitrogens with one attached hydrogen (secondary N) is 1. The molecule has 0 amide bonds. The fourth-order valence-corrected chi connectivity index (χ4v) is 3.73. The first kappa shape index (κ1) is 12.2. The molecule has 2 bridgehead atoms. The summed E-state index contributed by atoms with van der Waals surface area (Å²) in [4.78, 5) is 5.79. The molecule has 0 aromatic heterocycles. The summed E-state index contributed by atoms with van der Waals surface area (Å²) in [5.74, 6) is 0.759. The summed E-state index contributed by atoms with van der Waals surface area (Å²) in [5.41, 5.74) is 1.07. The predicted molar refractivity (Wildman–Crippen MR) is 76.3 cm³/mol. The molecule has 3 aliphatic heterocycles. The zero-order valence-electron chi connectivity index (χ0n) is 11.5. The van der Waals surface area contributed by atoms with Crippen LogP contribution >= 0.6 is 0 Å². The number of benzene rings is 1. The van der Waals surface area contributed by atoms with Gasteiger partial charge in [-0.2, -0.15) is 0 Å². The number of oxime groups is 1. The maximum atomic E-state index is 5.81. The summed E-state index contributed by atoms with van der Waals surface area (Å²) >= 11 is 0. The van der Waals surface area contributed by atoms with Crippen LogP contribution in [-0.4, -0.2) is 23.6 Å². The molecule has 4 heteroatoms. The molecule has 0 aliphatic carbocycles. The Morgan fingerprint density at radius 1 is 1.20 bits per heavy atom. The highest BCUT2D eigenvalue weighted by Gasteiger charge is 2.49. The largest absolute Gasteiger partial charge is 0.474 e. The number of piperidine rings is 1. The molecule has 4 nitrogen and oxygen atoms in total. The Kier molecular flexibility index (Phi) is 2.91. The smallest absolute Gasteiger partial charge is 0.230 e. The van der Waals surface area contributed by atoms with Crippen LogP contribution in [0.25, 0.3) is 0 Å². The molecule has 106 valence electrons. The van der Waals surface area contributed by atoms with Crippen LogP contribution in [0, 0.1) is 0 Å². The van der Waals surface area contributed by atoms with Gasteiger partial charge in [0.25, 0.3) is 0 Å². The van der Waals surface area contributed by atoms with E-state index in [1.54, 1.807) is 0 Å². The van der Waals surface area contributed by atoms with Gasteiger partial charge in [0.2, 0.25) is 5.90 Å². The summed E-state index contributed by atoms with van der Waals surface area (Å²) in [5, 5.41) is 7.83. The van der Waals surface area contributed by atoms with Gasteiger partial charge >= 0.3 is 0 Å². The topological polar surface area (TPSA) is 42.9 Å². The van der Waals surface area contributed by atoms with Crippen molar-refractivity contribution in [2.45, 2.75) is 56.4 Å². The highest BCUT2D eigenvalue weighted by atomic mass is 16.7. The average Bonchev–Trinajstić information content (AvgIpc) is 3.02. The van der Waals surface area contributed by atoms with Gasteiger partial charge in [-0.15, -0.1) is 0 Å². The number of fused-ring (bicyclic) bond motifs is 2. The van der Waals surface area contributed by atoms with Crippen LogP contribution in [0.1, 0.15) is 37.7 Å². The van der Waals surface area contributed by atoms with E-state index in [4.69, 9.17) is 9.57 Å². The van der Waals surface area contributed by atoms with Crippen LogP contribution in [0.2, 0.25) is 0 Å². The first-order chi connectivity index (χ1) is 9.81. The van der Waals surface area contributed by atoms with Crippen molar-refractivity contribution in [1.82, 2.24) is 5.32 Å². The highest BCUT2D eigenvalue weighted by molar-refractivity contribution is 5.78. The van der Waals surface area contributed by atoms with Gasteiger partial charge in [0, 0.05) is 24.9 Å². The molecule has 2 fully saturated rings. The lowest BCUT2D eigenvalue weighted by atomic mass is 9.85. The van der Waals surface area contributed by atoms with E-state index in [0.29, 0.717) is 18.7 Å². The number of rotatable bonds is 2. The molecular weight excluding hydrogens is 252 g/mol. The van der Waals surface area contributed by atoms with Crippen LogP contribution in [0.4, 0.5) is 0 Å². The fraction of sp³-hybridized carbons (Fsp3) is 0.562. The van der Waals surface area contributed by atoms with E-state index < -0.39 is 0 Å². The molecule has 0 radical (unpaired) electrons. The molecule has 1 N–H and O–H groups in total. The second-order valence-corrected chi connectivity index (χ2v) is 6.26. The molecule has 20 heavy (non-hydrogen) atoms. The monoisotopic (exact) mass is 272 g/mol. The summed E-state index contributed by atoms with van der Waals surface area (Å²) in [6.07, 6.45) is 5.50. The second kappa shape index (κ2) is 4.77. The van der Waals surface area contributed by atoms with Crippen LogP contribution in [-0.2, 0) is 16.2 Å². The highest BCUT2D eigenvalue weighted by Crippen LogP contribution is 2.41. The molecule has 1 spiro atoms. The molecule has 2 saturated heterocycles. The Morgan fingerprint density at radius 3 is 2.70 bits per heavy atom. The van der Waals surface area contributed by atoms with E-state index in [2.05, 4.69) is 22.6 Å². The third-order valence-corrected chi connectivity index (χ3v) is 4.63. The third kappa shape index (κ3) is 2.29. The zero-order chi connectivity index (χ0) is 13.4. The van der Waals surface area contributed by atoms with Crippen molar-refractivity contribution in [3.63, 3.8) is 0 Å². The number of ether oxygens (including phenoxy) is 1. The number of hydrogen-bond acceptors (Lipinski definition) is 4. The summed E-state index contributed by atoms with van der Waals surface area (Å²) in [7, 11) is 0. The molecule has 2 unspecified atom stereocenters. The molecule has 0 saturated carbocycles. The van der Waals surface area contributed by atoms with Gasteiger partial charge in [0.1, 0.15) is 12.2 Å². The van der Waals surface area contributed by atoms with Crippen molar-refractivity contribution in [2.75, 3.05) is 0 Å². The van der Waals surface area contributed by atoms with E-state index in [1.165, 1.54) is 18.4 Å². The first-order valence-corrected chi connectivity index (χ1v) is 7.49. The Hall–Kier alpha value is -1.55. The van der Waals surface area contributed by atoms with Crippen molar-refractivity contribution < 1.29 is 9.57 Å². The van der Waals surface area contributed by atoms with Crippen LogP contribution in [0.3, 0.4) is 0 Å². The maximum absolute atomic E-state index is 5.81. The van der Waals surface area contributed by atoms with Crippen LogP contribution in [0.5, 0.6) is 0 Å². The molecule has 1 aromatic rings. The zero-order valence-corrected chi connectivity index (χ0v) is 11.5. The normalized spacial score (nSPS) is 34.9. The Bertz CT molecular complexity index is 502. The van der Waals surface area contributed by atoms with Gasteiger partial charge in [0.15, 0.2) is 0 Å². The lowest BCUT2D eigenvalue weighted by molar-refractivity contribution is -0.0524. The van der Waals surface area contributed by atoms with E-state index in [0.717, 1.165) is 25.2 Å². The summed E-state index contributed by atoms with van der Waals surface area (Å²) in [6.45, 7) is 0.574. The summed E-state index contributed by atoms with van der Waals surface area (Å²) in [6, 6.07) is 11.4. The average molecular weight is 272 g/mol. The van der Waals surface area contributed by atoms with Crippen molar-refractivity contribution in [2.24, 2.45) is 5.16 Å². The van der Waals surface area contributed by atoms with E-state index in [9.17, 15) is 0 Å². The number of nitrogens with zero attached hydrogens (tertiary/aromatic N) is 1. The minimum atomic E-state index is -0.0941.